The first-order valence-corrected chi connectivity index (χ1v) is 9.10. The van der Waals surface area contributed by atoms with Crippen molar-refractivity contribution in [3.8, 4) is 5.75 Å². The Hall–Kier alpha value is -2.57. The number of ether oxygens (including phenoxy) is 1. The van der Waals surface area contributed by atoms with E-state index in [1.165, 1.54) is 4.90 Å². The molecule has 1 aliphatic carbocycles. The summed E-state index contributed by atoms with van der Waals surface area (Å²) in [6.07, 6.45) is 5.06. The number of carboxylic acid groups (broad SMARTS) is 1. The second kappa shape index (κ2) is 8.21. The summed E-state index contributed by atoms with van der Waals surface area (Å²) >= 11 is 0. The van der Waals surface area contributed by atoms with Gasteiger partial charge in [0.1, 0.15) is 12.3 Å². The van der Waals surface area contributed by atoms with E-state index in [1.807, 2.05) is 0 Å². The van der Waals surface area contributed by atoms with Crippen molar-refractivity contribution in [3.05, 3.63) is 24.3 Å². The second-order valence-electron chi connectivity index (χ2n) is 6.85. The summed E-state index contributed by atoms with van der Waals surface area (Å²) in [7, 11) is 0. The molecule has 1 aromatic rings. The lowest BCUT2D eigenvalue weighted by Crippen LogP contribution is -2.50. The molecule has 1 aliphatic heterocycles. The largest absolute Gasteiger partial charge is 0.482 e. The van der Waals surface area contributed by atoms with Crippen molar-refractivity contribution in [3.63, 3.8) is 0 Å². The van der Waals surface area contributed by atoms with Crippen molar-refractivity contribution in [1.29, 1.82) is 0 Å². The summed E-state index contributed by atoms with van der Waals surface area (Å²) in [6, 6.07) is 6.67. The summed E-state index contributed by atoms with van der Waals surface area (Å²) in [4.78, 5) is 37.7. The predicted molar refractivity (Wildman–Crippen MR) is 95.0 cm³/mol. The number of aliphatic carboxylic acids is 1. The Morgan fingerprint density at radius 1 is 1.15 bits per heavy atom. The number of benzene rings is 1. The molecule has 2 amide bonds. The average Bonchev–Trinajstić information content (AvgIpc) is 2.59. The van der Waals surface area contributed by atoms with Gasteiger partial charge in [0.15, 0.2) is 6.61 Å². The monoisotopic (exact) mass is 360 g/mol. The van der Waals surface area contributed by atoms with Gasteiger partial charge < -0.3 is 15.2 Å². The third kappa shape index (κ3) is 4.15. The van der Waals surface area contributed by atoms with E-state index < -0.39 is 17.9 Å². The Kier molecular flexibility index (Phi) is 5.75. The Bertz CT molecular complexity index is 690. The number of para-hydroxylation sites is 2. The van der Waals surface area contributed by atoms with Crippen LogP contribution >= 0.6 is 0 Å². The molecular weight excluding hydrogens is 336 g/mol. The third-order valence-electron chi connectivity index (χ3n) is 5.04. The van der Waals surface area contributed by atoms with E-state index in [4.69, 9.17) is 4.74 Å². The van der Waals surface area contributed by atoms with Crippen LogP contribution in [0.5, 0.6) is 5.75 Å². The number of rotatable bonds is 4. The minimum Gasteiger partial charge on any atom is -0.482 e. The fourth-order valence-electron chi connectivity index (χ4n) is 3.68. The van der Waals surface area contributed by atoms with E-state index in [2.05, 4.69) is 5.32 Å². The third-order valence-corrected chi connectivity index (χ3v) is 5.04. The maximum absolute atomic E-state index is 12.6. The summed E-state index contributed by atoms with van der Waals surface area (Å²) in [5.41, 5.74) is 0.561. The molecule has 0 saturated heterocycles. The van der Waals surface area contributed by atoms with Crippen molar-refractivity contribution in [2.24, 2.45) is 5.92 Å². The topological polar surface area (TPSA) is 95.9 Å². The van der Waals surface area contributed by atoms with Crippen LogP contribution in [0.1, 0.15) is 38.5 Å². The molecule has 2 atom stereocenters. The van der Waals surface area contributed by atoms with Crippen LogP contribution < -0.4 is 15.0 Å². The molecule has 0 spiro atoms. The molecule has 7 heteroatoms. The molecule has 1 fully saturated rings. The molecule has 7 nitrogen and oxygen atoms in total. The van der Waals surface area contributed by atoms with Crippen molar-refractivity contribution < 1.29 is 24.2 Å². The number of carbonyl (C=O) groups is 3. The summed E-state index contributed by atoms with van der Waals surface area (Å²) < 4.78 is 5.38. The molecule has 2 aliphatic rings. The lowest BCUT2D eigenvalue weighted by molar-refractivity contribution is -0.143. The van der Waals surface area contributed by atoms with Crippen molar-refractivity contribution in [2.45, 2.75) is 44.6 Å². The number of fused-ring (bicyclic) bond motifs is 1. The Balaban J connectivity index is 1.69. The summed E-state index contributed by atoms with van der Waals surface area (Å²) in [6.45, 7) is -0.243. The molecule has 1 aromatic carbocycles. The molecule has 0 aromatic heterocycles. The normalized spacial score (nSPS) is 23.2. The molecule has 2 unspecified atom stereocenters. The van der Waals surface area contributed by atoms with Gasteiger partial charge in [-0.2, -0.15) is 0 Å². The van der Waals surface area contributed by atoms with Gasteiger partial charge in [-0.3, -0.25) is 19.3 Å². The van der Waals surface area contributed by atoms with Crippen molar-refractivity contribution in [2.75, 3.05) is 18.1 Å². The van der Waals surface area contributed by atoms with Gasteiger partial charge in [0.25, 0.3) is 5.91 Å². The van der Waals surface area contributed by atoms with Gasteiger partial charge in [0, 0.05) is 6.04 Å². The van der Waals surface area contributed by atoms with Gasteiger partial charge >= 0.3 is 5.97 Å². The minimum atomic E-state index is -0.870. The lowest BCUT2D eigenvalue weighted by atomic mass is 9.87. The highest BCUT2D eigenvalue weighted by molar-refractivity contribution is 6.02. The number of anilines is 1. The molecule has 2 N–H and O–H groups in total. The maximum atomic E-state index is 12.6. The first-order valence-electron chi connectivity index (χ1n) is 9.10. The number of amides is 2. The Morgan fingerprint density at radius 3 is 2.65 bits per heavy atom. The van der Waals surface area contributed by atoms with E-state index >= 15 is 0 Å². The number of carboxylic acids is 1. The fourth-order valence-corrected chi connectivity index (χ4v) is 3.68. The molecule has 3 rings (SSSR count). The Morgan fingerprint density at radius 2 is 1.88 bits per heavy atom. The van der Waals surface area contributed by atoms with Gasteiger partial charge in [-0.05, 0) is 25.0 Å². The minimum absolute atomic E-state index is 0.106. The van der Waals surface area contributed by atoms with E-state index in [0.717, 1.165) is 25.7 Å². The van der Waals surface area contributed by atoms with Gasteiger partial charge in [-0.25, -0.2) is 0 Å². The quantitative estimate of drug-likeness (QED) is 0.856. The number of carbonyl (C=O) groups excluding carboxylic acids is 2. The molecule has 1 heterocycles. The first kappa shape index (κ1) is 18.2. The van der Waals surface area contributed by atoms with Gasteiger partial charge in [-0.1, -0.05) is 37.8 Å². The van der Waals surface area contributed by atoms with Gasteiger partial charge in [0.05, 0.1) is 11.6 Å². The number of hydrogen-bond donors (Lipinski definition) is 2. The van der Waals surface area contributed by atoms with Gasteiger partial charge in [0.2, 0.25) is 5.91 Å². The second-order valence-corrected chi connectivity index (χ2v) is 6.85. The zero-order chi connectivity index (χ0) is 18.5. The van der Waals surface area contributed by atoms with Crippen molar-refractivity contribution in [1.82, 2.24) is 5.32 Å². The molecule has 1 saturated carbocycles. The van der Waals surface area contributed by atoms with Crippen LogP contribution in [0.4, 0.5) is 5.69 Å². The molecule has 26 heavy (non-hydrogen) atoms. The number of nitrogens with zero attached hydrogens (tertiary/aromatic N) is 1. The number of hydrogen-bond acceptors (Lipinski definition) is 4. The SMILES string of the molecule is O=C(CN1C(=O)COc2ccccc21)NC1CCCCCCC1C(=O)O. The lowest BCUT2D eigenvalue weighted by Gasteiger charge is -2.31. The highest BCUT2D eigenvalue weighted by Crippen LogP contribution is 2.31. The molecule has 0 radical (unpaired) electrons. The van der Waals surface area contributed by atoms with Crippen LogP contribution in [0, 0.1) is 5.92 Å². The van der Waals surface area contributed by atoms with Crippen LogP contribution in [-0.4, -0.2) is 42.1 Å². The van der Waals surface area contributed by atoms with Crippen LogP contribution in [0.3, 0.4) is 0 Å². The fraction of sp³-hybridized carbons (Fsp3) is 0.526. The molecular formula is C19H24N2O5. The smallest absolute Gasteiger partial charge is 0.308 e. The van der Waals surface area contributed by atoms with E-state index in [0.29, 0.717) is 24.3 Å². The summed E-state index contributed by atoms with van der Waals surface area (Å²) in [5.74, 6) is -1.51. The summed E-state index contributed by atoms with van der Waals surface area (Å²) in [5, 5.41) is 12.4. The maximum Gasteiger partial charge on any atom is 0.308 e. The Labute approximate surface area is 152 Å². The highest BCUT2D eigenvalue weighted by Gasteiger charge is 2.32. The zero-order valence-electron chi connectivity index (χ0n) is 14.6. The van der Waals surface area contributed by atoms with Crippen LogP contribution in [0.25, 0.3) is 0 Å². The molecule has 0 bridgehead atoms. The first-order chi connectivity index (χ1) is 12.6. The molecule has 140 valence electrons. The standard InChI is InChI=1S/C19H24N2O5/c22-17(20-14-8-4-2-1-3-7-13(14)19(24)25)11-21-15-9-5-6-10-16(15)26-12-18(21)23/h5-6,9-10,13-14H,1-4,7-8,11-12H2,(H,20,22)(H,24,25). The average molecular weight is 360 g/mol. The van der Waals surface area contributed by atoms with E-state index in [9.17, 15) is 19.5 Å². The van der Waals surface area contributed by atoms with Gasteiger partial charge in [-0.15, -0.1) is 0 Å². The zero-order valence-corrected chi connectivity index (χ0v) is 14.6. The highest BCUT2D eigenvalue weighted by atomic mass is 16.5. The van der Waals surface area contributed by atoms with E-state index in [1.54, 1.807) is 24.3 Å². The van der Waals surface area contributed by atoms with Crippen LogP contribution in [0.15, 0.2) is 24.3 Å². The van der Waals surface area contributed by atoms with Crippen LogP contribution in [0.2, 0.25) is 0 Å². The van der Waals surface area contributed by atoms with Crippen LogP contribution in [-0.2, 0) is 14.4 Å². The van der Waals surface area contributed by atoms with E-state index in [-0.39, 0.29) is 25.0 Å². The van der Waals surface area contributed by atoms with Crippen molar-refractivity contribution >= 4 is 23.5 Å². The number of nitrogens with one attached hydrogen (secondary N) is 1. The predicted octanol–water partition coefficient (Wildman–Crippen LogP) is 1.95.